The van der Waals surface area contributed by atoms with E-state index in [1.54, 1.807) is 12.4 Å². The lowest BCUT2D eigenvalue weighted by Gasteiger charge is -2.06. The van der Waals surface area contributed by atoms with E-state index in [1.807, 2.05) is 6.92 Å². The molecule has 0 aliphatic heterocycles. The normalized spacial score (nSPS) is 9.57. The second kappa shape index (κ2) is 4.91. The quantitative estimate of drug-likeness (QED) is 0.839. The number of carbonyl (C=O) groups excluding carboxylic acids is 1. The minimum Gasteiger partial charge on any atom is -0.348 e. The van der Waals surface area contributed by atoms with Gasteiger partial charge in [-0.3, -0.25) is 9.78 Å². The Morgan fingerprint density at radius 1 is 1.71 bits per heavy atom. The first-order valence-electron chi connectivity index (χ1n) is 4.14. The first kappa shape index (κ1) is 10.9. The number of halogens is 1. The highest BCUT2D eigenvalue weighted by Gasteiger charge is 2.02. The zero-order valence-electron chi connectivity index (χ0n) is 7.88. The largest absolute Gasteiger partial charge is 0.348 e. The van der Waals surface area contributed by atoms with E-state index in [4.69, 9.17) is 0 Å². The van der Waals surface area contributed by atoms with Gasteiger partial charge in [0.05, 0.1) is 0 Å². The molecule has 74 valence electrons. The lowest BCUT2D eigenvalue weighted by atomic mass is 10.1. The standard InChI is InChI=1S/C10H11BrN2O/c1-3-10(14)13-5-8-4-12-6-9(11)7(8)2/h3-4,6H,1,5H2,2H3,(H,13,14). The Labute approximate surface area is 91.4 Å². The average molecular weight is 255 g/mol. The van der Waals surface area contributed by atoms with Crippen molar-refractivity contribution in [1.29, 1.82) is 0 Å². The fourth-order valence-electron chi connectivity index (χ4n) is 0.972. The molecule has 0 spiro atoms. The molecule has 1 rings (SSSR count). The number of carbonyl (C=O) groups is 1. The number of nitrogens with one attached hydrogen (secondary N) is 1. The maximum Gasteiger partial charge on any atom is 0.243 e. The van der Waals surface area contributed by atoms with E-state index in [0.717, 1.165) is 15.6 Å². The van der Waals surface area contributed by atoms with Crippen LogP contribution >= 0.6 is 15.9 Å². The fourth-order valence-corrected chi connectivity index (χ4v) is 1.35. The highest BCUT2D eigenvalue weighted by atomic mass is 79.9. The number of pyridine rings is 1. The molecule has 0 radical (unpaired) electrons. The molecule has 1 amide bonds. The summed E-state index contributed by atoms with van der Waals surface area (Å²) >= 11 is 3.37. The SMILES string of the molecule is C=CC(=O)NCc1cncc(Br)c1C. The van der Waals surface area contributed by atoms with Crippen LogP contribution in [0.2, 0.25) is 0 Å². The zero-order valence-corrected chi connectivity index (χ0v) is 9.47. The highest BCUT2D eigenvalue weighted by Crippen LogP contribution is 2.17. The van der Waals surface area contributed by atoms with Crippen molar-refractivity contribution in [1.82, 2.24) is 10.3 Å². The van der Waals surface area contributed by atoms with E-state index in [1.165, 1.54) is 6.08 Å². The summed E-state index contributed by atoms with van der Waals surface area (Å²) < 4.78 is 0.947. The van der Waals surface area contributed by atoms with E-state index in [9.17, 15) is 4.79 Å². The molecule has 0 aliphatic carbocycles. The van der Waals surface area contributed by atoms with Gasteiger partial charge >= 0.3 is 0 Å². The number of nitrogens with zero attached hydrogens (tertiary/aromatic N) is 1. The minimum atomic E-state index is -0.177. The van der Waals surface area contributed by atoms with Crippen LogP contribution in [-0.4, -0.2) is 10.9 Å². The van der Waals surface area contributed by atoms with Gasteiger partial charge < -0.3 is 5.32 Å². The van der Waals surface area contributed by atoms with Crippen molar-refractivity contribution in [2.24, 2.45) is 0 Å². The molecule has 0 aliphatic rings. The van der Waals surface area contributed by atoms with Gasteiger partial charge in [-0.05, 0) is 40.1 Å². The van der Waals surface area contributed by atoms with Gasteiger partial charge in [-0.1, -0.05) is 6.58 Å². The van der Waals surface area contributed by atoms with Crippen LogP contribution in [0.4, 0.5) is 0 Å². The van der Waals surface area contributed by atoms with Gasteiger partial charge in [-0.25, -0.2) is 0 Å². The number of hydrogen-bond acceptors (Lipinski definition) is 2. The molecule has 1 aromatic heterocycles. The summed E-state index contributed by atoms with van der Waals surface area (Å²) in [5.74, 6) is -0.177. The summed E-state index contributed by atoms with van der Waals surface area (Å²) in [7, 11) is 0. The van der Waals surface area contributed by atoms with E-state index in [2.05, 4.69) is 32.8 Å². The fraction of sp³-hybridized carbons (Fsp3) is 0.200. The number of aromatic nitrogens is 1. The predicted molar refractivity (Wildman–Crippen MR) is 58.7 cm³/mol. The van der Waals surface area contributed by atoms with Gasteiger partial charge in [0, 0.05) is 23.4 Å². The maximum atomic E-state index is 10.9. The highest BCUT2D eigenvalue weighted by molar-refractivity contribution is 9.10. The Balaban J connectivity index is 2.72. The summed E-state index contributed by atoms with van der Waals surface area (Å²) in [6, 6.07) is 0. The van der Waals surface area contributed by atoms with Gasteiger partial charge in [0.1, 0.15) is 0 Å². The van der Waals surface area contributed by atoms with Crippen LogP contribution in [0.15, 0.2) is 29.5 Å². The molecule has 0 fully saturated rings. The third-order valence-electron chi connectivity index (χ3n) is 1.90. The molecular formula is C10H11BrN2O. The van der Waals surface area contributed by atoms with Crippen LogP contribution in [0.3, 0.4) is 0 Å². The van der Waals surface area contributed by atoms with E-state index < -0.39 is 0 Å². The van der Waals surface area contributed by atoms with Crippen LogP contribution in [0, 0.1) is 6.92 Å². The molecule has 1 aromatic rings. The first-order chi connectivity index (χ1) is 6.65. The van der Waals surface area contributed by atoms with Crippen LogP contribution in [-0.2, 0) is 11.3 Å². The van der Waals surface area contributed by atoms with Crippen molar-refractivity contribution in [2.45, 2.75) is 13.5 Å². The van der Waals surface area contributed by atoms with Gasteiger partial charge in [-0.2, -0.15) is 0 Å². The van der Waals surface area contributed by atoms with E-state index in [0.29, 0.717) is 6.54 Å². The smallest absolute Gasteiger partial charge is 0.243 e. The molecular weight excluding hydrogens is 244 g/mol. The summed E-state index contributed by atoms with van der Waals surface area (Å²) in [6.45, 7) is 5.82. The number of amides is 1. The summed E-state index contributed by atoms with van der Waals surface area (Å²) in [6.07, 6.45) is 4.72. The molecule has 0 bridgehead atoms. The predicted octanol–water partition coefficient (Wildman–Crippen LogP) is 1.95. The topological polar surface area (TPSA) is 42.0 Å². The minimum absolute atomic E-state index is 0.177. The average Bonchev–Trinajstić information content (AvgIpc) is 2.20. The van der Waals surface area contributed by atoms with Crippen molar-refractivity contribution >= 4 is 21.8 Å². The van der Waals surface area contributed by atoms with Crippen molar-refractivity contribution in [3.63, 3.8) is 0 Å². The Morgan fingerprint density at radius 2 is 2.43 bits per heavy atom. The first-order valence-corrected chi connectivity index (χ1v) is 4.93. The lowest BCUT2D eigenvalue weighted by molar-refractivity contribution is -0.116. The molecule has 1 heterocycles. The van der Waals surface area contributed by atoms with Crippen LogP contribution in [0.5, 0.6) is 0 Å². The van der Waals surface area contributed by atoms with Crippen LogP contribution in [0.25, 0.3) is 0 Å². The van der Waals surface area contributed by atoms with Crippen LogP contribution < -0.4 is 5.32 Å². The zero-order chi connectivity index (χ0) is 10.6. The second-order valence-corrected chi connectivity index (χ2v) is 3.68. The molecule has 0 saturated heterocycles. The number of hydrogen-bond donors (Lipinski definition) is 1. The van der Waals surface area contributed by atoms with Crippen molar-refractivity contribution in [3.8, 4) is 0 Å². The Morgan fingerprint density at radius 3 is 3.07 bits per heavy atom. The summed E-state index contributed by atoms with van der Waals surface area (Å²) in [5.41, 5.74) is 2.08. The molecule has 0 saturated carbocycles. The van der Waals surface area contributed by atoms with Crippen molar-refractivity contribution < 1.29 is 4.79 Å². The summed E-state index contributed by atoms with van der Waals surface area (Å²) in [4.78, 5) is 14.9. The molecule has 14 heavy (non-hydrogen) atoms. The van der Waals surface area contributed by atoms with E-state index in [-0.39, 0.29) is 5.91 Å². The van der Waals surface area contributed by atoms with Gasteiger partial charge in [0.25, 0.3) is 0 Å². The molecule has 0 unspecified atom stereocenters. The second-order valence-electron chi connectivity index (χ2n) is 2.83. The Bertz CT molecular complexity index is 363. The van der Waals surface area contributed by atoms with Gasteiger partial charge in [-0.15, -0.1) is 0 Å². The van der Waals surface area contributed by atoms with E-state index >= 15 is 0 Å². The lowest BCUT2D eigenvalue weighted by Crippen LogP contribution is -2.20. The van der Waals surface area contributed by atoms with Crippen molar-refractivity contribution in [2.75, 3.05) is 0 Å². The number of rotatable bonds is 3. The van der Waals surface area contributed by atoms with Gasteiger partial charge in [0.15, 0.2) is 0 Å². The molecule has 0 atom stereocenters. The molecule has 3 nitrogen and oxygen atoms in total. The Kier molecular flexibility index (Phi) is 3.83. The molecule has 4 heteroatoms. The monoisotopic (exact) mass is 254 g/mol. The maximum absolute atomic E-state index is 10.9. The Hall–Kier alpha value is -1.16. The van der Waals surface area contributed by atoms with Crippen molar-refractivity contribution in [3.05, 3.63) is 40.6 Å². The third-order valence-corrected chi connectivity index (χ3v) is 2.70. The third kappa shape index (κ3) is 2.67. The van der Waals surface area contributed by atoms with Gasteiger partial charge in [0.2, 0.25) is 5.91 Å². The summed E-state index contributed by atoms with van der Waals surface area (Å²) in [5, 5.41) is 2.70. The molecule has 0 aromatic carbocycles. The molecule has 1 N–H and O–H groups in total. The van der Waals surface area contributed by atoms with Crippen LogP contribution in [0.1, 0.15) is 11.1 Å².